The number of nitrogens with zero attached hydrogens (tertiary/aromatic N) is 1. The minimum Gasteiger partial charge on any atom is -0.366 e. The molecule has 126 valence electrons. The quantitative estimate of drug-likeness (QED) is 0.720. The monoisotopic (exact) mass is 331 g/mol. The Morgan fingerprint density at radius 1 is 1.00 bits per heavy atom. The third kappa shape index (κ3) is 4.44. The van der Waals surface area contributed by atoms with Crippen LogP contribution in [0.3, 0.4) is 0 Å². The molecule has 3 rings (SSSR count). The molecule has 0 aliphatic rings. The molecule has 0 fully saturated rings. The Hall–Kier alpha value is -3.14. The van der Waals surface area contributed by atoms with Crippen molar-refractivity contribution in [3.8, 4) is 0 Å². The maximum Gasteiger partial charge on any atom is 0.255 e. The Bertz CT molecular complexity index is 872. The second kappa shape index (κ2) is 7.62. The van der Waals surface area contributed by atoms with Crippen LogP contribution in [0.25, 0.3) is 0 Å². The van der Waals surface area contributed by atoms with Crippen molar-refractivity contribution >= 4 is 17.4 Å². The summed E-state index contributed by atoms with van der Waals surface area (Å²) in [6, 6.07) is 19.6. The van der Waals surface area contributed by atoms with E-state index < -0.39 is 0 Å². The highest BCUT2D eigenvalue weighted by molar-refractivity contribution is 6.05. The fourth-order valence-corrected chi connectivity index (χ4v) is 2.61. The summed E-state index contributed by atoms with van der Waals surface area (Å²) in [5.74, 6) is 0.649. The van der Waals surface area contributed by atoms with Crippen LogP contribution in [-0.2, 0) is 6.54 Å². The molecule has 0 bridgehead atoms. The third-order valence-corrected chi connectivity index (χ3v) is 3.97. The second-order valence-electron chi connectivity index (χ2n) is 6.04. The van der Waals surface area contributed by atoms with Crippen molar-refractivity contribution in [3.63, 3.8) is 0 Å². The van der Waals surface area contributed by atoms with Crippen LogP contribution >= 0.6 is 0 Å². The predicted octanol–water partition coefficient (Wildman–Crippen LogP) is 4.56. The minimum atomic E-state index is -0.125. The van der Waals surface area contributed by atoms with Gasteiger partial charge in [-0.1, -0.05) is 48.0 Å². The van der Waals surface area contributed by atoms with E-state index in [0.717, 1.165) is 11.4 Å². The molecule has 1 aromatic heterocycles. The van der Waals surface area contributed by atoms with Gasteiger partial charge in [-0.25, -0.2) is 4.98 Å². The van der Waals surface area contributed by atoms with E-state index in [2.05, 4.69) is 40.7 Å². The molecule has 4 nitrogen and oxygen atoms in total. The van der Waals surface area contributed by atoms with E-state index in [0.29, 0.717) is 17.8 Å². The lowest BCUT2D eigenvalue weighted by Crippen LogP contribution is -2.13. The second-order valence-corrected chi connectivity index (χ2v) is 6.04. The average Bonchev–Trinajstić information content (AvgIpc) is 2.61. The van der Waals surface area contributed by atoms with Crippen LogP contribution in [0.15, 0.2) is 66.9 Å². The van der Waals surface area contributed by atoms with Gasteiger partial charge in [-0.15, -0.1) is 0 Å². The number of anilines is 2. The lowest BCUT2D eigenvalue weighted by atomic mass is 10.1. The maximum atomic E-state index is 12.3. The van der Waals surface area contributed by atoms with Gasteiger partial charge in [-0.2, -0.15) is 0 Å². The zero-order valence-electron chi connectivity index (χ0n) is 14.4. The van der Waals surface area contributed by atoms with Crippen molar-refractivity contribution in [1.29, 1.82) is 0 Å². The predicted molar refractivity (Wildman–Crippen MR) is 102 cm³/mol. The van der Waals surface area contributed by atoms with Crippen LogP contribution in [0.5, 0.6) is 0 Å². The summed E-state index contributed by atoms with van der Waals surface area (Å²) in [4.78, 5) is 16.7. The zero-order chi connectivity index (χ0) is 17.6. The molecule has 1 heterocycles. The van der Waals surface area contributed by atoms with Crippen molar-refractivity contribution in [1.82, 2.24) is 4.98 Å². The lowest BCUT2D eigenvalue weighted by molar-refractivity contribution is 0.102. The summed E-state index contributed by atoms with van der Waals surface area (Å²) in [6.45, 7) is 4.71. The van der Waals surface area contributed by atoms with E-state index in [4.69, 9.17) is 0 Å². The summed E-state index contributed by atoms with van der Waals surface area (Å²) in [7, 11) is 0. The fourth-order valence-electron chi connectivity index (χ4n) is 2.61. The number of aryl methyl sites for hydroxylation is 2. The molecule has 0 saturated carbocycles. The van der Waals surface area contributed by atoms with Gasteiger partial charge in [0, 0.05) is 12.1 Å². The van der Waals surface area contributed by atoms with E-state index in [1.54, 1.807) is 6.20 Å². The number of nitrogens with one attached hydrogen (secondary N) is 2. The summed E-state index contributed by atoms with van der Waals surface area (Å²) >= 11 is 0. The van der Waals surface area contributed by atoms with Crippen LogP contribution in [0.1, 0.15) is 27.0 Å². The maximum absolute atomic E-state index is 12.3. The van der Waals surface area contributed by atoms with Gasteiger partial charge in [-0.3, -0.25) is 4.79 Å². The SMILES string of the molecule is Cc1cccc(CNc2ccc(NC(=O)c3ccccc3C)cn2)c1. The number of hydrogen-bond acceptors (Lipinski definition) is 3. The first kappa shape index (κ1) is 16.7. The third-order valence-electron chi connectivity index (χ3n) is 3.97. The summed E-state index contributed by atoms with van der Waals surface area (Å²) in [5, 5.41) is 6.16. The molecular weight excluding hydrogens is 310 g/mol. The number of rotatable bonds is 5. The molecule has 2 N–H and O–H groups in total. The molecule has 0 radical (unpaired) electrons. The molecule has 2 aromatic carbocycles. The standard InChI is InChI=1S/C21H21N3O/c1-15-6-5-8-17(12-15)13-22-20-11-10-18(14-23-20)24-21(25)19-9-4-3-7-16(19)2/h3-12,14H,13H2,1-2H3,(H,22,23)(H,24,25). The molecular formula is C21H21N3O. The van der Waals surface area contributed by atoms with Crippen LogP contribution in [0.4, 0.5) is 11.5 Å². The van der Waals surface area contributed by atoms with Gasteiger partial charge in [-0.05, 0) is 43.2 Å². The number of amides is 1. The highest BCUT2D eigenvalue weighted by Crippen LogP contribution is 2.14. The lowest BCUT2D eigenvalue weighted by Gasteiger charge is -2.09. The fraction of sp³-hybridized carbons (Fsp3) is 0.143. The zero-order valence-corrected chi connectivity index (χ0v) is 14.4. The molecule has 0 unspecified atom stereocenters. The smallest absolute Gasteiger partial charge is 0.255 e. The van der Waals surface area contributed by atoms with Gasteiger partial charge in [0.2, 0.25) is 0 Å². The number of benzene rings is 2. The van der Waals surface area contributed by atoms with Crippen LogP contribution in [0, 0.1) is 13.8 Å². The first-order chi connectivity index (χ1) is 12.1. The van der Waals surface area contributed by atoms with Crippen molar-refractivity contribution in [2.24, 2.45) is 0 Å². The van der Waals surface area contributed by atoms with Crippen molar-refractivity contribution < 1.29 is 4.79 Å². The molecule has 25 heavy (non-hydrogen) atoms. The van der Waals surface area contributed by atoms with E-state index in [-0.39, 0.29) is 5.91 Å². The Morgan fingerprint density at radius 3 is 2.56 bits per heavy atom. The first-order valence-corrected chi connectivity index (χ1v) is 8.24. The molecule has 0 aliphatic heterocycles. The van der Waals surface area contributed by atoms with Gasteiger partial charge in [0.15, 0.2) is 0 Å². The van der Waals surface area contributed by atoms with E-state index in [1.165, 1.54) is 11.1 Å². The van der Waals surface area contributed by atoms with Gasteiger partial charge < -0.3 is 10.6 Å². The number of pyridine rings is 1. The van der Waals surface area contributed by atoms with Gasteiger partial charge in [0.05, 0.1) is 11.9 Å². The number of aromatic nitrogens is 1. The van der Waals surface area contributed by atoms with E-state index >= 15 is 0 Å². The number of carbonyl (C=O) groups excluding carboxylic acids is 1. The van der Waals surface area contributed by atoms with Crippen LogP contribution in [-0.4, -0.2) is 10.9 Å². The molecule has 3 aromatic rings. The van der Waals surface area contributed by atoms with Gasteiger partial charge >= 0.3 is 0 Å². The topological polar surface area (TPSA) is 54.0 Å². The van der Waals surface area contributed by atoms with Crippen LogP contribution < -0.4 is 10.6 Å². The Balaban J connectivity index is 1.60. The minimum absolute atomic E-state index is 0.125. The van der Waals surface area contributed by atoms with Crippen molar-refractivity contribution in [3.05, 3.63) is 89.1 Å². The molecule has 4 heteroatoms. The average molecular weight is 331 g/mol. The Kier molecular flexibility index (Phi) is 5.09. The molecule has 0 saturated heterocycles. The van der Waals surface area contributed by atoms with Gasteiger partial charge in [0.25, 0.3) is 5.91 Å². The van der Waals surface area contributed by atoms with E-state index in [1.807, 2.05) is 49.4 Å². The number of hydrogen-bond donors (Lipinski definition) is 2. The van der Waals surface area contributed by atoms with Crippen molar-refractivity contribution in [2.75, 3.05) is 10.6 Å². The molecule has 1 amide bonds. The summed E-state index contributed by atoms with van der Waals surface area (Å²) < 4.78 is 0. The Morgan fingerprint density at radius 2 is 1.84 bits per heavy atom. The molecule has 0 atom stereocenters. The largest absolute Gasteiger partial charge is 0.366 e. The highest BCUT2D eigenvalue weighted by Gasteiger charge is 2.08. The van der Waals surface area contributed by atoms with Gasteiger partial charge in [0.1, 0.15) is 5.82 Å². The molecule has 0 aliphatic carbocycles. The first-order valence-electron chi connectivity index (χ1n) is 8.24. The number of carbonyl (C=O) groups is 1. The normalized spacial score (nSPS) is 10.3. The van der Waals surface area contributed by atoms with Crippen LogP contribution in [0.2, 0.25) is 0 Å². The summed E-state index contributed by atoms with van der Waals surface area (Å²) in [5.41, 5.74) is 4.74. The van der Waals surface area contributed by atoms with Crippen molar-refractivity contribution in [2.45, 2.75) is 20.4 Å². The van der Waals surface area contributed by atoms with E-state index in [9.17, 15) is 4.79 Å². The summed E-state index contributed by atoms with van der Waals surface area (Å²) in [6.07, 6.45) is 1.66. The molecule has 0 spiro atoms. The Labute approximate surface area is 147 Å². The highest BCUT2D eigenvalue weighted by atomic mass is 16.1.